The van der Waals surface area contributed by atoms with Gasteiger partial charge < -0.3 is 15.3 Å². The third-order valence-corrected chi connectivity index (χ3v) is 2.41. The summed E-state index contributed by atoms with van der Waals surface area (Å²) in [6, 6.07) is 0.621. The molecule has 0 unspecified atom stereocenters. The van der Waals surface area contributed by atoms with Crippen LogP contribution in [0.15, 0.2) is 0 Å². The van der Waals surface area contributed by atoms with Crippen LogP contribution >= 0.6 is 0 Å². The number of amides is 1. The fourth-order valence-electron chi connectivity index (χ4n) is 1.54. The highest BCUT2D eigenvalue weighted by Gasteiger charge is 2.11. The molecule has 0 fully saturated rings. The second-order valence-electron chi connectivity index (χ2n) is 4.68. The third-order valence-electron chi connectivity index (χ3n) is 2.41. The van der Waals surface area contributed by atoms with E-state index >= 15 is 0 Å². The molecule has 0 aromatic heterocycles. The minimum atomic E-state index is 0.102. The van der Waals surface area contributed by atoms with Crippen LogP contribution in [0.2, 0.25) is 0 Å². The molecule has 0 aromatic rings. The van der Waals surface area contributed by atoms with Gasteiger partial charge in [-0.1, -0.05) is 0 Å². The lowest BCUT2D eigenvalue weighted by Gasteiger charge is -2.26. The molecule has 0 aromatic carbocycles. The maximum Gasteiger partial charge on any atom is 0.221 e. The standard InChI is InChI=1S/C12H26N2O2/c1-10(2)13-12(16)6-8-14(11(3)4)7-5-9-15/h10-11,15H,5-9H2,1-4H3,(H,13,16). The largest absolute Gasteiger partial charge is 0.396 e. The lowest BCUT2D eigenvalue weighted by Crippen LogP contribution is -2.37. The number of nitrogens with one attached hydrogen (secondary N) is 1. The minimum absolute atomic E-state index is 0.102. The Bertz CT molecular complexity index is 193. The van der Waals surface area contributed by atoms with Crippen LogP contribution in [0.1, 0.15) is 40.5 Å². The Morgan fingerprint density at radius 3 is 2.31 bits per heavy atom. The van der Waals surface area contributed by atoms with Gasteiger partial charge in [-0.3, -0.25) is 4.79 Å². The first-order chi connectivity index (χ1) is 7.47. The van der Waals surface area contributed by atoms with Gasteiger partial charge in [-0.2, -0.15) is 0 Å². The minimum Gasteiger partial charge on any atom is -0.396 e. The highest BCUT2D eigenvalue weighted by molar-refractivity contribution is 5.76. The van der Waals surface area contributed by atoms with Gasteiger partial charge in [0.1, 0.15) is 0 Å². The van der Waals surface area contributed by atoms with E-state index in [1.165, 1.54) is 0 Å². The summed E-state index contributed by atoms with van der Waals surface area (Å²) in [6.45, 7) is 9.96. The molecular weight excluding hydrogens is 204 g/mol. The average molecular weight is 230 g/mol. The Morgan fingerprint density at radius 1 is 1.25 bits per heavy atom. The lowest BCUT2D eigenvalue weighted by atomic mass is 10.2. The van der Waals surface area contributed by atoms with Gasteiger partial charge in [-0.15, -0.1) is 0 Å². The SMILES string of the molecule is CC(C)NC(=O)CCN(CCCO)C(C)C. The molecule has 16 heavy (non-hydrogen) atoms. The van der Waals surface area contributed by atoms with E-state index in [1.807, 2.05) is 13.8 Å². The first-order valence-corrected chi connectivity index (χ1v) is 6.11. The van der Waals surface area contributed by atoms with Gasteiger partial charge in [0, 0.05) is 38.2 Å². The Morgan fingerprint density at radius 2 is 1.88 bits per heavy atom. The quantitative estimate of drug-likeness (QED) is 0.654. The molecule has 0 saturated carbocycles. The smallest absolute Gasteiger partial charge is 0.221 e. The lowest BCUT2D eigenvalue weighted by molar-refractivity contribution is -0.122. The van der Waals surface area contributed by atoms with E-state index in [4.69, 9.17) is 5.11 Å². The number of carbonyl (C=O) groups excluding carboxylic acids is 1. The third kappa shape index (κ3) is 7.65. The molecule has 4 heteroatoms. The number of nitrogens with zero attached hydrogens (tertiary/aromatic N) is 1. The van der Waals surface area contributed by atoms with Crippen molar-refractivity contribution in [1.29, 1.82) is 0 Å². The number of hydrogen-bond donors (Lipinski definition) is 2. The average Bonchev–Trinajstić information content (AvgIpc) is 2.16. The molecular formula is C12H26N2O2. The summed E-state index contributed by atoms with van der Waals surface area (Å²) < 4.78 is 0. The van der Waals surface area contributed by atoms with Crippen molar-refractivity contribution in [2.45, 2.75) is 52.6 Å². The van der Waals surface area contributed by atoms with Crippen LogP contribution in [0, 0.1) is 0 Å². The number of hydrogen-bond acceptors (Lipinski definition) is 3. The first-order valence-electron chi connectivity index (χ1n) is 6.11. The zero-order chi connectivity index (χ0) is 12.6. The topological polar surface area (TPSA) is 52.6 Å². The molecule has 1 amide bonds. The van der Waals surface area contributed by atoms with Crippen molar-refractivity contribution in [1.82, 2.24) is 10.2 Å². The predicted molar refractivity (Wildman–Crippen MR) is 66.3 cm³/mol. The van der Waals surface area contributed by atoms with Crippen LogP contribution in [-0.2, 0) is 4.79 Å². The molecule has 0 heterocycles. The molecule has 0 aliphatic rings. The molecule has 0 aliphatic heterocycles. The van der Waals surface area contributed by atoms with E-state index in [0.717, 1.165) is 19.5 Å². The van der Waals surface area contributed by atoms with E-state index in [1.54, 1.807) is 0 Å². The molecule has 0 bridgehead atoms. The van der Waals surface area contributed by atoms with Gasteiger partial charge in [-0.25, -0.2) is 0 Å². The number of carbonyl (C=O) groups is 1. The molecule has 0 radical (unpaired) electrons. The zero-order valence-corrected chi connectivity index (χ0v) is 11.0. The molecule has 0 aliphatic carbocycles. The van der Waals surface area contributed by atoms with E-state index in [-0.39, 0.29) is 18.6 Å². The van der Waals surface area contributed by atoms with Gasteiger partial charge in [0.25, 0.3) is 0 Å². The predicted octanol–water partition coefficient (Wildman–Crippen LogP) is 0.994. The summed E-state index contributed by atoms with van der Waals surface area (Å²) >= 11 is 0. The molecule has 0 spiro atoms. The van der Waals surface area contributed by atoms with Crippen LogP contribution in [-0.4, -0.2) is 47.7 Å². The molecule has 0 rings (SSSR count). The second kappa shape index (κ2) is 8.53. The summed E-state index contributed by atoms with van der Waals surface area (Å²) in [5.74, 6) is 0.102. The number of aliphatic hydroxyl groups is 1. The Balaban J connectivity index is 3.87. The van der Waals surface area contributed by atoms with Crippen LogP contribution in [0.5, 0.6) is 0 Å². The zero-order valence-electron chi connectivity index (χ0n) is 11.0. The normalized spacial score (nSPS) is 11.5. The van der Waals surface area contributed by atoms with Gasteiger partial charge in [0.15, 0.2) is 0 Å². The van der Waals surface area contributed by atoms with E-state index in [2.05, 4.69) is 24.1 Å². The fourth-order valence-corrected chi connectivity index (χ4v) is 1.54. The van der Waals surface area contributed by atoms with Crippen molar-refractivity contribution in [2.75, 3.05) is 19.7 Å². The Labute approximate surface area is 99.0 Å². The van der Waals surface area contributed by atoms with Crippen LogP contribution in [0.4, 0.5) is 0 Å². The van der Waals surface area contributed by atoms with E-state index in [0.29, 0.717) is 12.5 Å². The van der Waals surface area contributed by atoms with E-state index in [9.17, 15) is 4.79 Å². The first kappa shape index (κ1) is 15.4. The van der Waals surface area contributed by atoms with Crippen molar-refractivity contribution < 1.29 is 9.90 Å². The fraction of sp³-hybridized carbons (Fsp3) is 0.917. The van der Waals surface area contributed by atoms with Crippen molar-refractivity contribution >= 4 is 5.91 Å². The Hall–Kier alpha value is -0.610. The van der Waals surface area contributed by atoms with Crippen molar-refractivity contribution in [2.24, 2.45) is 0 Å². The van der Waals surface area contributed by atoms with Gasteiger partial charge in [-0.05, 0) is 34.1 Å². The summed E-state index contributed by atoms with van der Waals surface area (Å²) in [5, 5.41) is 11.7. The van der Waals surface area contributed by atoms with Gasteiger partial charge >= 0.3 is 0 Å². The number of rotatable bonds is 8. The Kier molecular flexibility index (Phi) is 8.21. The summed E-state index contributed by atoms with van der Waals surface area (Å²) in [7, 11) is 0. The summed E-state index contributed by atoms with van der Waals surface area (Å²) in [4.78, 5) is 13.7. The molecule has 0 atom stereocenters. The molecule has 0 saturated heterocycles. The maximum absolute atomic E-state index is 11.5. The highest BCUT2D eigenvalue weighted by Crippen LogP contribution is 2.01. The van der Waals surface area contributed by atoms with Crippen LogP contribution in [0.3, 0.4) is 0 Å². The van der Waals surface area contributed by atoms with Crippen molar-refractivity contribution in [3.63, 3.8) is 0 Å². The summed E-state index contributed by atoms with van der Waals surface area (Å²) in [6.07, 6.45) is 1.30. The van der Waals surface area contributed by atoms with Crippen LogP contribution < -0.4 is 5.32 Å². The van der Waals surface area contributed by atoms with Gasteiger partial charge in [0.05, 0.1) is 0 Å². The molecule has 4 nitrogen and oxygen atoms in total. The highest BCUT2D eigenvalue weighted by atomic mass is 16.3. The van der Waals surface area contributed by atoms with Gasteiger partial charge in [0.2, 0.25) is 5.91 Å². The number of aliphatic hydroxyl groups excluding tert-OH is 1. The summed E-state index contributed by atoms with van der Waals surface area (Å²) in [5.41, 5.74) is 0. The van der Waals surface area contributed by atoms with E-state index < -0.39 is 0 Å². The molecule has 2 N–H and O–H groups in total. The second-order valence-corrected chi connectivity index (χ2v) is 4.68. The van der Waals surface area contributed by atoms with Crippen molar-refractivity contribution in [3.05, 3.63) is 0 Å². The monoisotopic (exact) mass is 230 g/mol. The molecule has 96 valence electrons. The van der Waals surface area contributed by atoms with Crippen molar-refractivity contribution in [3.8, 4) is 0 Å². The maximum atomic E-state index is 11.5. The van der Waals surface area contributed by atoms with Crippen LogP contribution in [0.25, 0.3) is 0 Å².